The highest BCUT2D eigenvalue weighted by Crippen LogP contribution is 2.27. The van der Waals surface area contributed by atoms with Gasteiger partial charge in [-0.05, 0) is 61.7 Å². The minimum Gasteiger partial charge on any atom is -0.497 e. The summed E-state index contributed by atoms with van der Waals surface area (Å²) in [6.07, 6.45) is -0.865. The Hall–Kier alpha value is -3.94. The van der Waals surface area contributed by atoms with Gasteiger partial charge < -0.3 is 19.1 Å². The molecule has 2 rings (SSSR count). The van der Waals surface area contributed by atoms with Crippen LogP contribution in [0.3, 0.4) is 0 Å². The van der Waals surface area contributed by atoms with Crippen LogP contribution in [-0.4, -0.2) is 76.5 Å². The van der Waals surface area contributed by atoms with Crippen LogP contribution in [0.2, 0.25) is 0 Å². The molecule has 0 heterocycles. The molecular formula is C27H36N4O8S. The normalized spacial score (nSPS) is 11.1. The zero-order chi connectivity index (χ0) is 30.0. The molecule has 0 aliphatic rings. The summed E-state index contributed by atoms with van der Waals surface area (Å²) in [5, 5.41) is 0. The van der Waals surface area contributed by atoms with E-state index >= 15 is 0 Å². The predicted molar refractivity (Wildman–Crippen MR) is 148 cm³/mol. The first-order valence-electron chi connectivity index (χ1n) is 12.2. The topological polar surface area (TPSA) is 144 Å². The Morgan fingerprint density at radius 2 is 1.60 bits per heavy atom. The van der Waals surface area contributed by atoms with E-state index in [1.807, 2.05) is 0 Å². The highest BCUT2D eigenvalue weighted by atomic mass is 32.2. The summed E-state index contributed by atoms with van der Waals surface area (Å²) >= 11 is 0. The maximum atomic E-state index is 13.1. The molecule has 0 aliphatic heterocycles. The molecule has 3 amide bonds. The molecule has 0 aliphatic carbocycles. The van der Waals surface area contributed by atoms with Gasteiger partial charge in [0.05, 0.1) is 24.4 Å². The number of carbonyl (C=O) groups is 3. The van der Waals surface area contributed by atoms with Crippen molar-refractivity contribution in [3.05, 3.63) is 71.0 Å². The maximum absolute atomic E-state index is 13.1. The van der Waals surface area contributed by atoms with Crippen LogP contribution in [0.25, 0.3) is 0 Å². The third-order valence-electron chi connectivity index (χ3n) is 5.72. The van der Waals surface area contributed by atoms with Crippen molar-refractivity contribution in [2.24, 2.45) is 0 Å². The van der Waals surface area contributed by atoms with E-state index in [9.17, 15) is 22.8 Å². The van der Waals surface area contributed by atoms with Gasteiger partial charge in [-0.2, -0.15) is 4.31 Å². The highest BCUT2D eigenvalue weighted by Gasteiger charge is 2.25. The third kappa shape index (κ3) is 9.07. The number of sulfonamides is 1. The van der Waals surface area contributed by atoms with Gasteiger partial charge in [0.25, 0.3) is 5.91 Å². The van der Waals surface area contributed by atoms with Gasteiger partial charge in [-0.1, -0.05) is 18.7 Å². The predicted octanol–water partition coefficient (Wildman–Crippen LogP) is 2.51. The number of benzene rings is 2. The lowest BCUT2D eigenvalue weighted by Gasteiger charge is -2.21. The highest BCUT2D eigenvalue weighted by molar-refractivity contribution is 7.89. The van der Waals surface area contributed by atoms with Crippen molar-refractivity contribution < 1.29 is 37.0 Å². The number of hydrogen-bond donors (Lipinski definition) is 2. The molecule has 218 valence electrons. The van der Waals surface area contributed by atoms with Crippen LogP contribution in [0.15, 0.2) is 53.6 Å². The summed E-state index contributed by atoms with van der Waals surface area (Å²) in [6, 6.07) is 9.79. The second-order valence-corrected chi connectivity index (χ2v) is 11.1. The van der Waals surface area contributed by atoms with Gasteiger partial charge in [0.2, 0.25) is 15.9 Å². The monoisotopic (exact) mass is 576 g/mol. The smallest absolute Gasteiger partial charge is 0.431 e. The van der Waals surface area contributed by atoms with Crippen molar-refractivity contribution in [1.29, 1.82) is 0 Å². The van der Waals surface area contributed by atoms with Crippen molar-refractivity contribution in [3.63, 3.8) is 0 Å². The van der Waals surface area contributed by atoms with Gasteiger partial charge in [-0.3, -0.25) is 15.0 Å². The number of nitrogens with one attached hydrogen (secondary N) is 2. The lowest BCUT2D eigenvalue weighted by Crippen LogP contribution is -2.41. The van der Waals surface area contributed by atoms with Crippen LogP contribution >= 0.6 is 0 Å². The van der Waals surface area contributed by atoms with Gasteiger partial charge in [0.1, 0.15) is 12.4 Å². The first-order valence-corrected chi connectivity index (χ1v) is 13.7. The summed E-state index contributed by atoms with van der Waals surface area (Å²) in [5.74, 6) is -0.0865. The standard InChI is InChI=1S/C27H36N4O8S/c1-18(2)39-27(34)29-28-26(33)22-10-8-21(9-11-22)16-30(5)24(32)17-38-13-12-31(6)40(35,36)25-19(3)14-23(37-7)15-20(25)4/h8-11,14-15H,1,12-13,16-17H2,2-7H3,(H,28,33)(H,29,34). The van der Waals surface area contributed by atoms with E-state index in [2.05, 4.69) is 22.2 Å². The Kier molecular flexibility index (Phi) is 11.7. The van der Waals surface area contributed by atoms with Gasteiger partial charge in [-0.25, -0.2) is 18.6 Å². The number of methoxy groups -OCH3 is 1. The van der Waals surface area contributed by atoms with Crippen molar-refractivity contribution in [2.75, 3.05) is 41.0 Å². The van der Waals surface area contributed by atoms with Crippen molar-refractivity contribution in [1.82, 2.24) is 20.1 Å². The fraction of sp³-hybridized carbons (Fsp3) is 0.370. The van der Waals surface area contributed by atoms with E-state index in [1.54, 1.807) is 57.3 Å². The zero-order valence-electron chi connectivity index (χ0n) is 23.6. The molecule has 0 saturated heterocycles. The van der Waals surface area contributed by atoms with Crippen molar-refractivity contribution in [2.45, 2.75) is 32.2 Å². The first-order chi connectivity index (χ1) is 18.8. The van der Waals surface area contributed by atoms with E-state index in [0.717, 1.165) is 5.56 Å². The molecule has 40 heavy (non-hydrogen) atoms. The molecule has 0 fully saturated rings. The second kappa shape index (κ2) is 14.4. The molecule has 0 radical (unpaired) electrons. The van der Waals surface area contributed by atoms with Crippen molar-refractivity contribution in [3.8, 4) is 5.75 Å². The van der Waals surface area contributed by atoms with Crippen LogP contribution in [0.4, 0.5) is 4.79 Å². The van der Waals surface area contributed by atoms with E-state index in [1.165, 1.54) is 30.3 Å². The number of rotatable bonds is 12. The largest absolute Gasteiger partial charge is 0.497 e. The number of allylic oxidation sites excluding steroid dienone is 1. The quantitative estimate of drug-likeness (QED) is 0.223. The first kappa shape index (κ1) is 32.3. The van der Waals surface area contributed by atoms with Crippen LogP contribution < -0.4 is 15.6 Å². The molecule has 2 aromatic rings. The number of aryl methyl sites for hydroxylation is 2. The Labute approximate surface area is 234 Å². The number of amides is 3. The molecule has 12 nitrogen and oxygen atoms in total. The molecule has 2 aromatic carbocycles. The average Bonchev–Trinajstić information content (AvgIpc) is 2.88. The second-order valence-electron chi connectivity index (χ2n) is 9.09. The number of hydrazine groups is 1. The van der Waals surface area contributed by atoms with E-state index in [-0.39, 0.29) is 48.4 Å². The SMILES string of the molecule is C=C(C)OC(=O)NNC(=O)c1ccc(CN(C)C(=O)COCCN(C)S(=O)(=O)c2c(C)cc(OC)cc2C)cc1. The summed E-state index contributed by atoms with van der Waals surface area (Å²) in [7, 11) is 0.829. The lowest BCUT2D eigenvalue weighted by atomic mass is 10.1. The molecule has 0 spiro atoms. The molecule has 13 heteroatoms. The number of ether oxygens (including phenoxy) is 3. The van der Waals surface area contributed by atoms with E-state index in [0.29, 0.717) is 16.9 Å². The van der Waals surface area contributed by atoms with E-state index < -0.39 is 22.0 Å². The fourth-order valence-corrected chi connectivity index (χ4v) is 5.22. The summed E-state index contributed by atoms with van der Waals surface area (Å²) in [4.78, 5) is 37.7. The summed E-state index contributed by atoms with van der Waals surface area (Å²) in [5.41, 5.74) is 6.52. The molecule has 2 N–H and O–H groups in total. The van der Waals surface area contributed by atoms with Crippen LogP contribution in [0, 0.1) is 13.8 Å². The molecule has 0 atom stereocenters. The minimum absolute atomic E-state index is 0.0291. The number of hydrogen-bond acceptors (Lipinski definition) is 8. The average molecular weight is 577 g/mol. The molecule has 0 bridgehead atoms. The van der Waals surface area contributed by atoms with Gasteiger partial charge in [-0.15, -0.1) is 0 Å². The minimum atomic E-state index is -3.76. The van der Waals surface area contributed by atoms with Gasteiger partial charge in [0.15, 0.2) is 0 Å². The Bertz CT molecular complexity index is 1320. The van der Waals surface area contributed by atoms with Crippen LogP contribution in [0.1, 0.15) is 34.0 Å². The third-order valence-corrected chi connectivity index (χ3v) is 7.88. The van der Waals surface area contributed by atoms with Crippen molar-refractivity contribution >= 4 is 27.9 Å². The Balaban J connectivity index is 1.81. The van der Waals surface area contributed by atoms with E-state index in [4.69, 9.17) is 9.47 Å². The van der Waals surface area contributed by atoms with Gasteiger partial charge >= 0.3 is 6.09 Å². The lowest BCUT2D eigenvalue weighted by molar-refractivity contribution is -0.135. The number of likely N-dealkylation sites (N-methyl/N-ethyl adjacent to an activating group) is 2. The maximum Gasteiger partial charge on any atom is 0.431 e. The summed E-state index contributed by atoms with van der Waals surface area (Å²) in [6.45, 7) is 8.47. The van der Waals surface area contributed by atoms with Crippen LogP contribution in [-0.2, 0) is 30.8 Å². The summed E-state index contributed by atoms with van der Waals surface area (Å²) < 4.78 is 42.7. The number of carbonyl (C=O) groups excluding carboxylic acids is 3. The zero-order valence-corrected chi connectivity index (χ0v) is 24.4. The Morgan fingerprint density at radius 3 is 2.15 bits per heavy atom. The molecule has 0 unspecified atom stereocenters. The number of nitrogens with zero attached hydrogens (tertiary/aromatic N) is 2. The molecule has 0 aromatic heterocycles. The van der Waals surface area contributed by atoms with Gasteiger partial charge in [0, 0.05) is 32.7 Å². The fourth-order valence-electron chi connectivity index (χ4n) is 3.66. The Morgan fingerprint density at radius 1 is 1.00 bits per heavy atom. The molecular weight excluding hydrogens is 540 g/mol. The van der Waals surface area contributed by atoms with Crippen LogP contribution in [0.5, 0.6) is 5.75 Å². The molecule has 0 saturated carbocycles.